The highest BCUT2D eigenvalue weighted by Gasteiger charge is 2.31. The number of rotatable bonds is 10. The number of sulfonamides is 1. The lowest BCUT2D eigenvalue weighted by Gasteiger charge is -2.32. The average molecular weight is 480 g/mol. The summed E-state index contributed by atoms with van der Waals surface area (Å²) < 4.78 is 26.0. The van der Waals surface area contributed by atoms with Gasteiger partial charge < -0.3 is 10.2 Å². The third kappa shape index (κ3) is 6.97. The SMILES string of the molecule is CCNC(=O)[C@@H](CC)N(Cc1cccc(C)c1)C(=O)CN(c1cccc(Cl)c1)S(C)(=O)=O. The second kappa shape index (κ2) is 11.3. The maximum absolute atomic E-state index is 13.5. The summed E-state index contributed by atoms with van der Waals surface area (Å²) in [5.74, 6) is -0.750. The molecule has 1 N–H and O–H groups in total. The van der Waals surface area contributed by atoms with Crippen LogP contribution in [0.15, 0.2) is 48.5 Å². The Kier molecular flexibility index (Phi) is 9.09. The first kappa shape index (κ1) is 25.7. The lowest BCUT2D eigenvalue weighted by molar-refractivity contribution is -0.140. The Morgan fingerprint density at radius 2 is 1.78 bits per heavy atom. The normalized spacial score (nSPS) is 12.2. The number of benzene rings is 2. The van der Waals surface area contributed by atoms with Crippen molar-refractivity contribution in [1.82, 2.24) is 10.2 Å². The highest BCUT2D eigenvalue weighted by molar-refractivity contribution is 7.92. The van der Waals surface area contributed by atoms with E-state index in [1.54, 1.807) is 18.2 Å². The summed E-state index contributed by atoms with van der Waals surface area (Å²) in [5.41, 5.74) is 2.17. The molecule has 0 aliphatic heterocycles. The van der Waals surface area contributed by atoms with Gasteiger partial charge in [-0.2, -0.15) is 0 Å². The van der Waals surface area contributed by atoms with Gasteiger partial charge in [-0.3, -0.25) is 13.9 Å². The molecule has 0 saturated carbocycles. The Bertz CT molecular complexity index is 1060. The first-order chi connectivity index (χ1) is 15.1. The van der Waals surface area contributed by atoms with Crippen molar-refractivity contribution >= 4 is 39.1 Å². The molecule has 7 nitrogen and oxygen atoms in total. The molecule has 0 unspecified atom stereocenters. The second-order valence-electron chi connectivity index (χ2n) is 7.58. The van der Waals surface area contributed by atoms with Crippen LogP contribution in [0.2, 0.25) is 5.02 Å². The minimum Gasteiger partial charge on any atom is -0.355 e. The molecular formula is C23H30ClN3O4S. The van der Waals surface area contributed by atoms with Crippen LogP contribution in [-0.2, 0) is 26.2 Å². The van der Waals surface area contributed by atoms with Gasteiger partial charge in [0.2, 0.25) is 21.8 Å². The van der Waals surface area contributed by atoms with Gasteiger partial charge in [-0.15, -0.1) is 0 Å². The molecule has 0 fully saturated rings. The van der Waals surface area contributed by atoms with E-state index in [9.17, 15) is 18.0 Å². The number of hydrogen-bond acceptors (Lipinski definition) is 4. The van der Waals surface area contributed by atoms with Gasteiger partial charge in [0, 0.05) is 18.1 Å². The van der Waals surface area contributed by atoms with Crippen molar-refractivity contribution in [2.24, 2.45) is 0 Å². The summed E-state index contributed by atoms with van der Waals surface area (Å²) in [4.78, 5) is 27.6. The van der Waals surface area contributed by atoms with E-state index in [4.69, 9.17) is 11.6 Å². The number of nitrogens with one attached hydrogen (secondary N) is 1. The van der Waals surface area contributed by atoms with Gasteiger partial charge in [0.05, 0.1) is 11.9 Å². The standard InChI is InChI=1S/C23H30ClN3O4S/c1-5-21(23(29)25-6-2)26(15-18-10-7-9-17(3)13-18)22(28)16-27(32(4,30)31)20-12-8-11-19(24)14-20/h7-14,21H,5-6,15-16H2,1-4H3,(H,25,29)/t21-/m1/s1. The molecule has 0 spiro atoms. The molecule has 32 heavy (non-hydrogen) atoms. The molecule has 2 amide bonds. The molecule has 0 radical (unpaired) electrons. The van der Waals surface area contributed by atoms with Gasteiger partial charge in [-0.25, -0.2) is 8.42 Å². The van der Waals surface area contributed by atoms with Crippen LogP contribution in [-0.4, -0.2) is 50.5 Å². The van der Waals surface area contributed by atoms with E-state index in [0.717, 1.165) is 21.7 Å². The van der Waals surface area contributed by atoms with Gasteiger partial charge in [0.25, 0.3) is 0 Å². The van der Waals surface area contributed by atoms with Crippen LogP contribution >= 0.6 is 11.6 Å². The molecule has 9 heteroatoms. The number of likely N-dealkylation sites (N-methyl/N-ethyl adjacent to an activating group) is 1. The van der Waals surface area contributed by atoms with Gasteiger partial charge in [0.15, 0.2) is 0 Å². The number of aryl methyl sites for hydroxylation is 1. The number of amides is 2. The van der Waals surface area contributed by atoms with Crippen LogP contribution in [0.25, 0.3) is 0 Å². The van der Waals surface area contributed by atoms with Crippen molar-refractivity contribution in [3.63, 3.8) is 0 Å². The fourth-order valence-electron chi connectivity index (χ4n) is 3.46. The molecule has 0 aromatic heterocycles. The smallest absolute Gasteiger partial charge is 0.244 e. The van der Waals surface area contributed by atoms with Crippen LogP contribution < -0.4 is 9.62 Å². The average Bonchev–Trinajstić information content (AvgIpc) is 2.71. The molecule has 0 aliphatic carbocycles. The van der Waals surface area contributed by atoms with Crippen LogP contribution in [0.3, 0.4) is 0 Å². The van der Waals surface area contributed by atoms with E-state index in [1.165, 1.54) is 11.0 Å². The quantitative estimate of drug-likeness (QED) is 0.566. The molecular weight excluding hydrogens is 450 g/mol. The van der Waals surface area contributed by atoms with Crippen molar-refractivity contribution in [1.29, 1.82) is 0 Å². The number of carbonyl (C=O) groups excluding carboxylic acids is 2. The maximum Gasteiger partial charge on any atom is 0.244 e. The molecule has 0 aliphatic rings. The number of hydrogen-bond donors (Lipinski definition) is 1. The number of nitrogens with zero attached hydrogens (tertiary/aromatic N) is 2. The summed E-state index contributed by atoms with van der Waals surface area (Å²) in [6.07, 6.45) is 1.42. The Labute approximate surface area is 195 Å². The topological polar surface area (TPSA) is 86.8 Å². The van der Waals surface area contributed by atoms with Crippen molar-refractivity contribution in [3.8, 4) is 0 Å². The van der Waals surface area contributed by atoms with Gasteiger partial charge in [0.1, 0.15) is 12.6 Å². The zero-order chi connectivity index (χ0) is 23.9. The van der Waals surface area contributed by atoms with Gasteiger partial charge >= 0.3 is 0 Å². The molecule has 0 bridgehead atoms. The molecule has 2 rings (SSSR count). The Morgan fingerprint density at radius 3 is 2.34 bits per heavy atom. The molecule has 2 aromatic carbocycles. The van der Waals surface area contributed by atoms with Crippen LogP contribution in [0, 0.1) is 6.92 Å². The molecule has 2 aromatic rings. The molecule has 174 valence electrons. The predicted molar refractivity (Wildman–Crippen MR) is 128 cm³/mol. The van der Waals surface area contributed by atoms with E-state index in [0.29, 0.717) is 18.0 Å². The predicted octanol–water partition coefficient (Wildman–Crippen LogP) is 3.36. The zero-order valence-corrected chi connectivity index (χ0v) is 20.4. The van der Waals surface area contributed by atoms with Gasteiger partial charge in [-0.1, -0.05) is 54.4 Å². The molecule has 0 saturated heterocycles. The Morgan fingerprint density at radius 1 is 1.09 bits per heavy atom. The van der Waals surface area contributed by atoms with Crippen LogP contribution in [0.1, 0.15) is 31.4 Å². The highest BCUT2D eigenvalue weighted by atomic mass is 35.5. The van der Waals surface area contributed by atoms with Crippen molar-refractivity contribution in [3.05, 3.63) is 64.7 Å². The Hall–Kier alpha value is -2.58. The van der Waals surface area contributed by atoms with Crippen molar-refractivity contribution < 1.29 is 18.0 Å². The van der Waals surface area contributed by atoms with E-state index in [-0.39, 0.29) is 18.1 Å². The third-order valence-corrected chi connectivity index (χ3v) is 6.32. The van der Waals surface area contributed by atoms with Crippen molar-refractivity contribution in [2.75, 3.05) is 23.7 Å². The minimum absolute atomic E-state index is 0.184. The number of anilines is 1. The van der Waals surface area contributed by atoms with E-state index < -0.39 is 28.5 Å². The first-order valence-corrected chi connectivity index (χ1v) is 12.7. The van der Waals surface area contributed by atoms with E-state index >= 15 is 0 Å². The minimum atomic E-state index is -3.78. The zero-order valence-electron chi connectivity index (χ0n) is 18.8. The van der Waals surface area contributed by atoms with Crippen molar-refractivity contribution in [2.45, 2.75) is 39.8 Å². The maximum atomic E-state index is 13.5. The van der Waals surface area contributed by atoms with Gasteiger partial charge in [-0.05, 0) is 44.0 Å². The molecule has 0 heterocycles. The lowest BCUT2D eigenvalue weighted by Crippen LogP contribution is -2.52. The number of carbonyl (C=O) groups is 2. The van der Waals surface area contributed by atoms with E-state index in [1.807, 2.05) is 45.0 Å². The van der Waals surface area contributed by atoms with Crippen LogP contribution in [0.4, 0.5) is 5.69 Å². The van der Waals surface area contributed by atoms with Crippen LogP contribution in [0.5, 0.6) is 0 Å². The fraction of sp³-hybridized carbons (Fsp3) is 0.391. The summed E-state index contributed by atoms with van der Waals surface area (Å²) in [5, 5.41) is 3.13. The summed E-state index contributed by atoms with van der Waals surface area (Å²) >= 11 is 6.04. The third-order valence-electron chi connectivity index (χ3n) is 4.95. The largest absolute Gasteiger partial charge is 0.355 e. The monoisotopic (exact) mass is 479 g/mol. The second-order valence-corrected chi connectivity index (χ2v) is 9.92. The summed E-state index contributed by atoms with van der Waals surface area (Å²) in [6, 6.07) is 13.2. The first-order valence-electron chi connectivity index (χ1n) is 10.4. The number of halogens is 1. The summed E-state index contributed by atoms with van der Waals surface area (Å²) in [7, 11) is -3.78. The fourth-order valence-corrected chi connectivity index (χ4v) is 4.49. The van der Waals surface area contributed by atoms with E-state index in [2.05, 4.69) is 5.32 Å². The lowest BCUT2D eigenvalue weighted by atomic mass is 10.1. The summed E-state index contributed by atoms with van der Waals surface area (Å²) in [6.45, 7) is 5.74. The highest BCUT2D eigenvalue weighted by Crippen LogP contribution is 2.23. The molecule has 1 atom stereocenters. The Balaban J connectivity index is 2.43.